The van der Waals surface area contributed by atoms with Crippen molar-refractivity contribution in [3.05, 3.63) is 12.4 Å². The molecule has 0 aromatic heterocycles. The van der Waals surface area contributed by atoms with Crippen molar-refractivity contribution in [1.82, 2.24) is 5.06 Å². The van der Waals surface area contributed by atoms with Crippen LogP contribution in [0.3, 0.4) is 0 Å². The average molecular weight is 168 g/mol. The molecule has 0 saturated heterocycles. The normalized spacial score (nSPS) is 24.6. The largest absolute Gasteiger partial charge is 0.277 e. The molecule has 0 fully saturated rings. The van der Waals surface area contributed by atoms with Gasteiger partial charge in [0, 0.05) is 18.6 Å². The maximum atomic E-state index is 5.18. The summed E-state index contributed by atoms with van der Waals surface area (Å²) >= 11 is 0. The fourth-order valence-corrected chi connectivity index (χ4v) is 1.23. The van der Waals surface area contributed by atoms with Crippen LogP contribution in [0.4, 0.5) is 0 Å². The Morgan fingerprint density at radius 3 is 3.00 bits per heavy atom. The van der Waals surface area contributed by atoms with Crippen molar-refractivity contribution in [2.45, 2.75) is 26.3 Å². The zero-order valence-corrected chi connectivity index (χ0v) is 7.90. The average Bonchev–Trinajstić information content (AvgIpc) is 2.16. The fraction of sp³-hybridized carbons (Fsp3) is 0.667. The second-order valence-corrected chi connectivity index (χ2v) is 3.01. The molecule has 0 radical (unpaired) electrons. The molecule has 0 aromatic rings. The van der Waals surface area contributed by atoms with Crippen LogP contribution in [0.2, 0.25) is 0 Å². The van der Waals surface area contributed by atoms with Crippen molar-refractivity contribution in [2.75, 3.05) is 7.11 Å². The molecule has 0 N–H and O–H groups in total. The highest BCUT2D eigenvalue weighted by molar-refractivity contribution is 5.66. The molecule has 3 nitrogen and oxygen atoms in total. The van der Waals surface area contributed by atoms with Gasteiger partial charge in [0.2, 0.25) is 0 Å². The first-order valence-electron chi connectivity index (χ1n) is 4.32. The molecule has 68 valence electrons. The van der Waals surface area contributed by atoms with Crippen LogP contribution in [0.5, 0.6) is 0 Å². The number of aliphatic imine (C=N–C) groups is 1. The van der Waals surface area contributed by atoms with Gasteiger partial charge in [-0.15, -0.1) is 0 Å². The van der Waals surface area contributed by atoms with Crippen LogP contribution >= 0.6 is 0 Å². The Balaban J connectivity index is 2.61. The highest BCUT2D eigenvalue weighted by Gasteiger charge is 2.20. The van der Waals surface area contributed by atoms with Crippen LogP contribution in [0.15, 0.2) is 17.4 Å². The third kappa shape index (κ3) is 1.85. The molecule has 1 heterocycles. The Bertz CT molecular complexity index is 189. The van der Waals surface area contributed by atoms with E-state index in [4.69, 9.17) is 4.84 Å². The van der Waals surface area contributed by atoms with Crippen LogP contribution in [0, 0.1) is 5.92 Å². The van der Waals surface area contributed by atoms with Gasteiger partial charge in [-0.25, -0.2) is 0 Å². The van der Waals surface area contributed by atoms with E-state index in [0.717, 1.165) is 6.42 Å². The highest BCUT2D eigenvalue weighted by atomic mass is 16.7. The van der Waals surface area contributed by atoms with Crippen molar-refractivity contribution >= 4 is 6.21 Å². The topological polar surface area (TPSA) is 24.8 Å². The lowest BCUT2D eigenvalue weighted by Crippen LogP contribution is -2.37. The summed E-state index contributed by atoms with van der Waals surface area (Å²) in [5.41, 5.74) is 0. The summed E-state index contributed by atoms with van der Waals surface area (Å²) < 4.78 is 0. The van der Waals surface area contributed by atoms with Crippen molar-refractivity contribution in [1.29, 1.82) is 0 Å². The monoisotopic (exact) mass is 168 g/mol. The van der Waals surface area contributed by atoms with Crippen LogP contribution in [-0.4, -0.2) is 24.4 Å². The molecule has 12 heavy (non-hydrogen) atoms. The molecule has 0 aliphatic carbocycles. The molecule has 1 aliphatic rings. The van der Waals surface area contributed by atoms with Gasteiger partial charge >= 0.3 is 0 Å². The number of nitrogens with zero attached hydrogens (tertiary/aromatic N) is 2. The van der Waals surface area contributed by atoms with Crippen molar-refractivity contribution in [3.63, 3.8) is 0 Å². The minimum Gasteiger partial charge on any atom is -0.277 e. The Kier molecular flexibility index (Phi) is 3.29. The predicted octanol–water partition coefficient (Wildman–Crippen LogP) is 1.82. The molecule has 2 atom stereocenters. The summed E-state index contributed by atoms with van der Waals surface area (Å²) in [6, 6.07) is 0.282. The summed E-state index contributed by atoms with van der Waals surface area (Å²) in [5, 5.41) is 1.83. The molecule has 3 heteroatoms. The summed E-state index contributed by atoms with van der Waals surface area (Å²) in [4.78, 5) is 9.28. The molecule has 2 unspecified atom stereocenters. The molecule has 0 saturated carbocycles. The van der Waals surface area contributed by atoms with Gasteiger partial charge in [0.15, 0.2) is 0 Å². The first-order chi connectivity index (χ1) is 5.79. The molecule has 0 amide bonds. The van der Waals surface area contributed by atoms with Gasteiger partial charge in [0.25, 0.3) is 0 Å². The van der Waals surface area contributed by atoms with E-state index in [1.165, 1.54) is 0 Å². The van der Waals surface area contributed by atoms with Crippen LogP contribution in [0.25, 0.3) is 0 Å². The molecular formula is C9H16N2O. The van der Waals surface area contributed by atoms with Gasteiger partial charge in [-0.1, -0.05) is 20.3 Å². The lowest BCUT2D eigenvalue weighted by atomic mass is 10.00. The highest BCUT2D eigenvalue weighted by Crippen LogP contribution is 2.15. The van der Waals surface area contributed by atoms with E-state index in [-0.39, 0.29) is 6.04 Å². The molecule has 1 aliphatic heterocycles. The third-order valence-electron chi connectivity index (χ3n) is 2.27. The molecule has 0 bridgehead atoms. The molecule has 0 spiro atoms. The number of hydrogen-bond donors (Lipinski definition) is 0. The fourth-order valence-electron chi connectivity index (χ4n) is 1.23. The standard InChI is InChI=1S/C9H16N2O/c1-4-8(2)9-7-10-5-6-11(9)12-3/h5-9H,4H2,1-3H3. The van der Waals surface area contributed by atoms with Gasteiger partial charge in [0.05, 0.1) is 13.2 Å². The van der Waals surface area contributed by atoms with Crippen LogP contribution in [0.1, 0.15) is 20.3 Å². The van der Waals surface area contributed by atoms with Crippen LogP contribution in [-0.2, 0) is 4.84 Å². The van der Waals surface area contributed by atoms with Gasteiger partial charge < -0.3 is 0 Å². The SMILES string of the molecule is CCC(C)C1C=NC=CN1OC. The Morgan fingerprint density at radius 1 is 1.67 bits per heavy atom. The van der Waals surface area contributed by atoms with E-state index in [1.807, 2.05) is 17.5 Å². The van der Waals surface area contributed by atoms with Crippen molar-refractivity contribution in [2.24, 2.45) is 10.9 Å². The third-order valence-corrected chi connectivity index (χ3v) is 2.27. The molecular weight excluding hydrogens is 152 g/mol. The minimum atomic E-state index is 0.282. The molecule has 0 aromatic carbocycles. The van der Waals surface area contributed by atoms with Crippen LogP contribution < -0.4 is 0 Å². The maximum Gasteiger partial charge on any atom is 0.0935 e. The van der Waals surface area contributed by atoms with Gasteiger partial charge in [-0.2, -0.15) is 0 Å². The number of hydroxylamine groups is 2. The van der Waals surface area contributed by atoms with Gasteiger partial charge in [0.1, 0.15) is 0 Å². The Labute approximate surface area is 73.7 Å². The maximum absolute atomic E-state index is 5.18. The second kappa shape index (κ2) is 4.26. The van der Waals surface area contributed by atoms with E-state index < -0.39 is 0 Å². The Hall–Kier alpha value is -0.830. The first-order valence-corrected chi connectivity index (χ1v) is 4.32. The Morgan fingerprint density at radius 2 is 2.42 bits per heavy atom. The summed E-state index contributed by atoms with van der Waals surface area (Å²) in [5.74, 6) is 0.568. The molecule has 1 rings (SSSR count). The van der Waals surface area contributed by atoms with E-state index in [1.54, 1.807) is 13.3 Å². The lowest BCUT2D eigenvalue weighted by Gasteiger charge is -2.30. The first kappa shape index (κ1) is 9.26. The van der Waals surface area contributed by atoms with E-state index in [0.29, 0.717) is 5.92 Å². The van der Waals surface area contributed by atoms with Gasteiger partial charge in [-0.05, 0) is 5.92 Å². The number of hydrogen-bond acceptors (Lipinski definition) is 3. The summed E-state index contributed by atoms with van der Waals surface area (Å²) in [6.07, 6.45) is 6.65. The second-order valence-electron chi connectivity index (χ2n) is 3.01. The summed E-state index contributed by atoms with van der Waals surface area (Å²) in [7, 11) is 1.68. The van der Waals surface area contributed by atoms with E-state index in [2.05, 4.69) is 18.8 Å². The van der Waals surface area contributed by atoms with Crippen molar-refractivity contribution < 1.29 is 4.84 Å². The minimum absolute atomic E-state index is 0.282. The van der Waals surface area contributed by atoms with E-state index in [9.17, 15) is 0 Å². The van der Waals surface area contributed by atoms with Gasteiger partial charge in [-0.3, -0.25) is 14.9 Å². The number of rotatable bonds is 3. The quantitative estimate of drug-likeness (QED) is 0.642. The lowest BCUT2D eigenvalue weighted by molar-refractivity contribution is -0.113. The zero-order valence-electron chi connectivity index (χ0n) is 7.90. The summed E-state index contributed by atoms with van der Waals surface area (Å²) in [6.45, 7) is 4.37. The predicted molar refractivity (Wildman–Crippen MR) is 49.7 cm³/mol. The van der Waals surface area contributed by atoms with Crippen molar-refractivity contribution in [3.8, 4) is 0 Å². The smallest absolute Gasteiger partial charge is 0.0935 e. The zero-order chi connectivity index (χ0) is 8.97. The van der Waals surface area contributed by atoms with E-state index >= 15 is 0 Å².